The fourth-order valence-electron chi connectivity index (χ4n) is 3.26. The monoisotopic (exact) mass is 500 g/mol. The molecule has 1 aliphatic heterocycles. The van der Waals surface area contributed by atoms with E-state index in [0.29, 0.717) is 20.6 Å². The molecule has 8 heteroatoms. The highest BCUT2D eigenvalue weighted by atomic mass is 79.9. The zero-order valence-corrected chi connectivity index (χ0v) is 19.2. The highest BCUT2D eigenvalue weighted by molar-refractivity contribution is 9.10. The number of benzene rings is 1. The summed E-state index contributed by atoms with van der Waals surface area (Å²) in [5.41, 5.74) is 1.65. The largest absolute Gasteiger partial charge is 0.458 e. The van der Waals surface area contributed by atoms with Gasteiger partial charge in [0.1, 0.15) is 12.6 Å². The van der Waals surface area contributed by atoms with Crippen LogP contribution in [0.2, 0.25) is 0 Å². The molecule has 3 heterocycles. The Morgan fingerprint density at radius 1 is 1.37 bits per heavy atom. The van der Waals surface area contributed by atoms with Crippen molar-refractivity contribution in [2.24, 2.45) is 4.99 Å². The number of fused-ring (bicyclic) bond motifs is 1. The zero-order chi connectivity index (χ0) is 21.3. The number of hydrogen-bond donors (Lipinski definition) is 0. The minimum atomic E-state index is -0.566. The fourth-order valence-corrected chi connectivity index (χ4v) is 5.55. The number of rotatable bonds is 5. The second-order valence-electron chi connectivity index (χ2n) is 6.54. The number of carbonyl (C=O) groups excluding carboxylic acids is 1. The molecule has 0 amide bonds. The number of thiazole rings is 1. The van der Waals surface area contributed by atoms with Crippen LogP contribution in [0.25, 0.3) is 6.08 Å². The second-order valence-corrected chi connectivity index (χ2v) is 9.44. The van der Waals surface area contributed by atoms with Gasteiger partial charge in [-0.1, -0.05) is 58.1 Å². The van der Waals surface area contributed by atoms with Gasteiger partial charge in [-0.25, -0.2) is 9.79 Å². The first-order chi connectivity index (χ1) is 14.5. The average Bonchev–Trinajstić information content (AvgIpc) is 3.34. The molecule has 0 N–H and O–H groups in total. The predicted octanol–water partition coefficient (Wildman–Crippen LogP) is 3.79. The van der Waals surface area contributed by atoms with Crippen LogP contribution in [0.3, 0.4) is 0 Å². The normalized spacial score (nSPS) is 16.2. The van der Waals surface area contributed by atoms with Gasteiger partial charge in [0.05, 0.1) is 15.8 Å². The minimum absolute atomic E-state index is 0.0973. The van der Waals surface area contributed by atoms with E-state index < -0.39 is 12.0 Å². The summed E-state index contributed by atoms with van der Waals surface area (Å²) >= 11 is 6.26. The summed E-state index contributed by atoms with van der Waals surface area (Å²) in [4.78, 5) is 32.2. The third-order valence-electron chi connectivity index (χ3n) is 4.53. The summed E-state index contributed by atoms with van der Waals surface area (Å²) in [5, 5.41) is 1.93. The molecule has 0 radical (unpaired) electrons. The maximum atomic E-state index is 13.4. The van der Waals surface area contributed by atoms with E-state index in [1.807, 2.05) is 47.9 Å². The molecule has 0 saturated carbocycles. The molecule has 30 heavy (non-hydrogen) atoms. The zero-order valence-electron chi connectivity index (χ0n) is 16.0. The Morgan fingerprint density at radius 2 is 2.20 bits per heavy atom. The summed E-state index contributed by atoms with van der Waals surface area (Å²) in [6.45, 7) is 5.46. The van der Waals surface area contributed by atoms with Crippen LogP contribution in [-0.2, 0) is 9.53 Å². The van der Waals surface area contributed by atoms with Crippen LogP contribution in [0.1, 0.15) is 23.4 Å². The number of thiophene rings is 1. The Bertz CT molecular complexity index is 1330. The van der Waals surface area contributed by atoms with Crippen molar-refractivity contribution >= 4 is 50.6 Å². The van der Waals surface area contributed by atoms with Crippen LogP contribution in [0.5, 0.6) is 0 Å². The van der Waals surface area contributed by atoms with E-state index in [2.05, 4.69) is 27.5 Å². The lowest BCUT2D eigenvalue weighted by Crippen LogP contribution is -2.39. The van der Waals surface area contributed by atoms with E-state index in [1.165, 1.54) is 28.7 Å². The van der Waals surface area contributed by atoms with E-state index in [9.17, 15) is 9.59 Å². The summed E-state index contributed by atoms with van der Waals surface area (Å²) in [6.07, 6.45) is 3.36. The first kappa shape index (κ1) is 20.7. The first-order valence-electron chi connectivity index (χ1n) is 9.09. The Kier molecular flexibility index (Phi) is 5.99. The number of aromatic nitrogens is 1. The van der Waals surface area contributed by atoms with Gasteiger partial charge in [0.15, 0.2) is 4.80 Å². The van der Waals surface area contributed by atoms with Crippen LogP contribution >= 0.6 is 38.6 Å². The Morgan fingerprint density at radius 3 is 2.90 bits per heavy atom. The quantitative estimate of drug-likeness (QED) is 0.395. The van der Waals surface area contributed by atoms with Crippen LogP contribution in [0.4, 0.5) is 0 Å². The molecule has 1 unspecified atom stereocenters. The van der Waals surface area contributed by atoms with Gasteiger partial charge in [-0.3, -0.25) is 9.36 Å². The molecule has 4 rings (SSSR count). The van der Waals surface area contributed by atoms with E-state index in [0.717, 1.165) is 14.9 Å². The van der Waals surface area contributed by atoms with Gasteiger partial charge in [0.2, 0.25) is 0 Å². The van der Waals surface area contributed by atoms with Gasteiger partial charge in [-0.05, 0) is 42.1 Å². The minimum Gasteiger partial charge on any atom is -0.458 e. The second kappa shape index (κ2) is 8.67. The van der Waals surface area contributed by atoms with E-state index in [4.69, 9.17) is 4.74 Å². The van der Waals surface area contributed by atoms with Crippen molar-refractivity contribution < 1.29 is 9.53 Å². The van der Waals surface area contributed by atoms with Gasteiger partial charge < -0.3 is 4.74 Å². The third-order valence-corrected chi connectivity index (χ3v) is 6.93. The van der Waals surface area contributed by atoms with Crippen molar-refractivity contribution in [3.8, 4) is 0 Å². The SMILES string of the molecule is C=CCOC(=O)C1=C(C)N=c2s/c(=C\c3cccc(Br)c3)c(=O)n2C1c1cccs1. The van der Waals surface area contributed by atoms with Gasteiger partial charge >= 0.3 is 5.97 Å². The lowest BCUT2D eigenvalue weighted by atomic mass is 10.0. The Hall–Kier alpha value is -2.55. The smallest absolute Gasteiger partial charge is 0.338 e. The summed E-state index contributed by atoms with van der Waals surface area (Å²) in [7, 11) is 0. The van der Waals surface area contributed by atoms with Crippen molar-refractivity contribution in [2.45, 2.75) is 13.0 Å². The summed E-state index contributed by atoms with van der Waals surface area (Å²) in [6, 6.07) is 11.0. The van der Waals surface area contributed by atoms with Crippen molar-refractivity contribution in [1.29, 1.82) is 0 Å². The molecule has 0 saturated heterocycles. The van der Waals surface area contributed by atoms with Crippen LogP contribution in [-0.4, -0.2) is 17.1 Å². The lowest BCUT2D eigenvalue weighted by molar-refractivity contribution is -0.138. The standard InChI is InChI=1S/C22H17BrN2O3S2/c1-3-9-28-21(27)18-13(2)24-22-25(19(18)16-8-5-10-29-16)20(26)17(30-22)12-14-6-4-7-15(23)11-14/h3-8,10-12,19H,1,9H2,2H3/b17-12-. The van der Waals surface area contributed by atoms with E-state index >= 15 is 0 Å². The predicted molar refractivity (Wildman–Crippen MR) is 123 cm³/mol. The molecule has 152 valence electrons. The van der Waals surface area contributed by atoms with Crippen molar-refractivity contribution in [3.05, 3.63) is 100 Å². The molecule has 1 atom stereocenters. The Labute approximate surface area is 189 Å². The molecule has 3 aromatic rings. The molecule has 0 bridgehead atoms. The number of halogens is 1. The highest BCUT2D eigenvalue weighted by Crippen LogP contribution is 2.33. The molecule has 0 spiro atoms. The molecular formula is C22H17BrN2O3S2. The molecular weight excluding hydrogens is 484 g/mol. The number of nitrogens with zero attached hydrogens (tertiary/aromatic N) is 2. The van der Waals surface area contributed by atoms with Crippen molar-refractivity contribution in [1.82, 2.24) is 4.57 Å². The number of hydrogen-bond acceptors (Lipinski definition) is 6. The molecule has 0 aliphatic carbocycles. The van der Waals surface area contributed by atoms with Crippen LogP contribution < -0.4 is 14.9 Å². The number of ether oxygens (including phenoxy) is 1. The van der Waals surface area contributed by atoms with Crippen molar-refractivity contribution in [2.75, 3.05) is 6.61 Å². The van der Waals surface area contributed by atoms with Gasteiger partial charge in [-0.15, -0.1) is 11.3 Å². The van der Waals surface area contributed by atoms with Gasteiger partial charge in [0.25, 0.3) is 5.56 Å². The fraction of sp³-hybridized carbons (Fsp3) is 0.136. The van der Waals surface area contributed by atoms with E-state index in [1.54, 1.807) is 11.5 Å². The third kappa shape index (κ3) is 3.90. The average molecular weight is 501 g/mol. The van der Waals surface area contributed by atoms with Gasteiger partial charge in [-0.2, -0.15) is 0 Å². The highest BCUT2D eigenvalue weighted by Gasteiger charge is 2.33. The Balaban J connectivity index is 1.91. The summed E-state index contributed by atoms with van der Waals surface area (Å²) in [5.74, 6) is -0.490. The molecule has 1 aliphatic rings. The number of esters is 1. The lowest BCUT2D eigenvalue weighted by Gasteiger charge is -2.23. The molecule has 1 aromatic carbocycles. The van der Waals surface area contributed by atoms with E-state index in [-0.39, 0.29) is 12.2 Å². The topological polar surface area (TPSA) is 60.7 Å². The maximum absolute atomic E-state index is 13.4. The maximum Gasteiger partial charge on any atom is 0.338 e. The van der Waals surface area contributed by atoms with Crippen molar-refractivity contribution in [3.63, 3.8) is 0 Å². The summed E-state index contributed by atoms with van der Waals surface area (Å²) < 4.78 is 8.39. The molecule has 0 fully saturated rings. The number of carbonyl (C=O) groups is 1. The van der Waals surface area contributed by atoms with Crippen LogP contribution in [0.15, 0.2) is 80.0 Å². The number of allylic oxidation sites excluding steroid dienone is 1. The first-order valence-corrected chi connectivity index (χ1v) is 11.6. The molecule has 2 aromatic heterocycles. The van der Waals surface area contributed by atoms with Crippen LogP contribution in [0, 0.1) is 0 Å². The molecule has 5 nitrogen and oxygen atoms in total. The van der Waals surface area contributed by atoms with Gasteiger partial charge in [0, 0.05) is 9.35 Å².